The lowest BCUT2D eigenvalue weighted by atomic mass is 10.1. The number of carbonyl (C=O) groups excluding carboxylic acids is 2. The highest BCUT2D eigenvalue weighted by atomic mass is 32.2. The van der Waals surface area contributed by atoms with E-state index in [1.165, 1.54) is 18.2 Å². The maximum atomic E-state index is 12.5. The predicted molar refractivity (Wildman–Crippen MR) is 102 cm³/mol. The molecule has 3 rings (SSSR count). The van der Waals surface area contributed by atoms with Crippen LogP contribution >= 0.6 is 24.0 Å². The average molecular weight is 370 g/mol. The molecule has 126 valence electrons. The maximum absolute atomic E-state index is 12.5. The fraction of sp³-hybridized carbons (Fsp3) is 0.0556. The van der Waals surface area contributed by atoms with Crippen LogP contribution in [0.25, 0.3) is 6.08 Å². The van der Waals surface area contributed by atoms with Crippen LogP contribution in [0.2, 0.25) is 0 Å². The molecule has 0 bridgehead atoms. The van der Waals surface area contributed by atoms with Gasteiger partial charge in [0.15, 0.2) is 4.32 Å². The molecule has 0 saturated carbocycles. The van der Waals surface area contributed by atoms with Crippen molar-refractivity contribution in [3.63, 3.8) is 0 Å². The molecule has 0 spiro atoms. The molecule has 2 N–H and O–H groups in total. The summed E-state index contributed by atoms with van der Waals surface area (Å²) in [5.41, 5.74) is 4.69. The molecule has 1 aliphatic heterocycles. The quantitative estimate of drug-likeness (QED) is 0.641. The van der Waals surface area contributed by atoms with Crippen LogP contribution in [0.5, 0.6) is 5.75 Å². The predicted octanol–water partition coefficient (Wildman–Crippen LogP) is 3.25. The van der Waals surface area contributed by atoms with Gasteiger partial charge in [-0.15, -0.1) is 0 Å². The van der Waals surface area contributed by atoms with Gasteiger partial charge < -0.3 is 5.11 Å². The topological polar surface area (TPSA) is 69.6 Å². The number of hydrogen-bond acceptors (Lipinski definition) is 5. The molecule has 0 aliphatic carbocycles. The van der Waals surface area contributed by atoms with Crippen LogP contribution in [-0.2, 0) is 4.79 Å². The van der Waals surface area contributed by atoms with Crippen LogP contribution in [0, 0.1) is 6.92 Å². The van der Waals surface area contributed by atoms with Gasteiger partial charge in [0.1, 0.15) is 5.75 Å². The average Bonchev–Trinajstić information content (AvgIpc) is 2.82. The first-order valence-electron chi connectivity index (χ1n) is 7.39. The van der Waals surface area contributed by atoms with Crippen LogP contribution in [0.1, 0.15) is 21.5 Å². The van der Waals surface area contributed by atoms with E-state index in [9.17, 15) is 14.7 Å². The van der Waals surface area contributed by atoms with Crippen molar-refractivity contribution < 1.29 is 14.7 Å². The first-order valence-corrected chi connectivity index (χ1v) is 8.61. The number of amides is 2. The Hall–Kier alpha value is -2.64. The van der Waals surface area contributed by atoms with E-state index in [1.807, 2.05) is 31.2 Å². The SMILES string of the molecule is Cc1cccc(/C=C2\SC(=S)N(NC(=O)c3cccc(O)c3)C2=O)c1. The summed E-state index contributed by atoms with van der Waals surface area (Å²) in [5, 5.41) is 10.5. The summed E-state index contributed by atoms with van der Waals surface area (Å²) < 4.78 is 0.248. The summed E-state index contributed by atoms with van der Waals surface area (Å²) in [4.78, 5) is 25.2. The zero-order valence-electron chi connectivity index (χ0n) is 13.2. The second-order valence-electron chi connectivity index (χ2n) is 5.42. The molecule has 5 nitrogen and oxygen atoms in total. The first-order chi connectivity index (χ1) is 11.9. The summed E-state index contributed by atoms with van der Waals surface area (Å²) >= 11 is 6.32. The highest BCUT2D eigenvalue weighted by molar-refractivity contribution is 8.26. The molecule has 1 heterocycles. The van der Waals surface area contributed by atoms with Crippen molar-refractivity contribution in [2.24, 2.45) is 0 Å². The third kappa shape index (κ3) is 3.89. The fourth-order valence-corrected chi connectivity index (χ4v) is 3.47. The number of benzene rings is 2. The number of thiocarbonyl (C=S) groups is 1. The van der Waals surface area contributed by atoms with Crippen molar-refractivity contribution in [1.82, 2.24) is 10.4 Å². The van der Waals surface area contributed by atoms with Crippen LogP contribution < -0.4 is 5.43 Å². The summed E-state index contributed by atoms with van der Waals surface area (Å²) in [6.45, 7) is 1.97. The van der Waals surface area contributed by atoms with Crippen LogP contribution in [0.4, 0.5) is 0 Å². The number of aromatic hydroxyl groups is 1. The standard InChI is InChI=1S/C18H14N2O3S2/c1-11-4-2-5-12(8-11)9-15-17(23)20(18(24)25-15)19-16(22)13-6-3-7-14(21)10-13/h2-10,21H,1H3,(H,19,22)/b15-9-. The number of hydrazine groups is 1. The summed E-state index contributed by atoms with van der Waals surface area (Å²) in [5.74, 6) is -0.939. The molecule has 25 heavy (non-hydrogen) atoms. The van der Waals surface area contributed by atoms with Gasteiger partial charge in [-0.05, 0) is 49.0 Å². The van der Waals surface area contributed by atoms with Crippen LogP contribution in [0.3, 0.4) is 0 Å². The zero-order valence-corrected chi connectivity index (χ0v) is 14.9. The van der Waals surface area contributed by atoms with E-state index in [-0.39, 0.29) is 21.5 Å². The van der Waals surface area contributed by atoms with Gasteiger partial charge >= 0.3 is 0 Å². The third-order valence-corrected chi connectivity index (χ3v) is 4.76. The summed E-state index contributed by atoms with van der Waals surface area (Å²) in [6.07, 6.45) is 1.74. The summed E-state index contributed by atoms with van der Waals surface area (Å²) in [7, 11) is 0. The summed E-state index contributed by atoms with van der Waals surface area (Å²) in [6, 6.07) is 13.6. The molecule has 0 atom stereocenters. The number of nitrogens with zero attached hydrogens (tertiary/aromatic N) is 1. The number of phenols is 1. The molecule has 7 heteroatoms. The minimum atomic E-state index is -0.524. The van der Waals surface area contributed by atoms with Crippen LogP contribution in [-0.4, -0.2) is 26.3 Å². The lowest BCUT2D eigenvalue weighted by Crippen LogP contribution is -2.44. The number of aryl methyl sites for hydroxylation is 1. The molecule has 2 amide bonds. The minimum absolute atomic E-state index is 0.0302. The van der Waals surface area contributed by atoms with Gasteiger partial charge in [-0.2, -0.15) is 5.01 Å². The van der Waals surface area contributed by atoms with Gasteiger partial charge in [0.25, 0.3) is 11.8 Å². The fourth-order valence-electron chi connectivity index (χ4n) is 2.29. The van der Waals surface area contributed by atoms with Gasteiger partial charge in [0.2, 0.25) is 0 Å². The van der Waals surface area contributed by atoms with E-state index < -0.39 is 5.91 Å². The molecule has 2 aromatic carbocycles. The van der Waals surface area contributed by atoms with Crippen molar-refractivity contribution >= 4 is 46.2 Å². The zero-order chi connectivity index (χ0) is 18.0. The van der Waals surface area contributed by atoms with E-state index >= 15 is 0 Å². The Morgan fingerprint density at radius 2 is 2.00 bits per heavy atom. The molecule has 0 aromatic heterocycles. The van der Waals surface area contributed by atoms with E-state index in [2.05, 4.69) is 5.43 Å². The second kappa shape index (κ2) is 7.08. The van der Waals surface area contributed by atoms with Gasteiger partial charge in [0.05, 0.1) is 4.91 Å². The van der Waals surface area contributed by atoms with E-state index in [0.29, 0.717) is 4.91 Å². The van der Waals surface area contributed by atoms with Crippen molar-refractivity contribution in [2.45, 2.75) is 6.92 Å². The lowest BCUT2D eigenvalue weighted by Gasteiger charge is -2.15. The van der Waals surface area contributed by atoms with Gasteiger partial charge in [-0.25, -0.2) is 0 Å². The molecule has 0 unspecified atom stereocenters. The number of thioether (sulfide) groups is 1. The largest absolute Gasteiger partial charge is 0.508 e. The van der Waals surface area contributed by atoms with Crippen molar-refractivity contribution in [1.29, 1.82) is 0 Å². The number of phenolic OH excluding ortho intramolecular Hbond substituents is 1. The second-order valence-corrected chi connectivity index (χ2v) is 7.10. The number of hydrogen-bond donors (Lipinski definition) is 2. The maximum Gasteiger partial charge on any atom is 0.285 e. The highest BCUT2D eigenvalue weighted by Gasteiger charge is 2.33. The molecule has 0 radical (unpaired) electrons. The molecule has 1 saturated heterocycles. The monoisotopic (exact) mass is 370 g/mol. The Kier molecular flexibility index (Phi) is 4.87. The van der Waals surface area contributed by atoms with Gasteiger partial charge in [-0.1, -0.05) is 47.7 Å². The first kappa shape index (κ1) is 17.2. The van der Waals surface area contributed by atoms with E-state index in [0.717, 1.165) is 27.9 Å². The van der Waals surface area contributed by atoms with Crippen molar-refractivity contribution in [2.75, 3.05) is 0 Å². The van der Waals surface area contributed by atoms with Gasteiger partial charge in [-0.3, -0.25) is 15.0 Å². The van der Waals surface area contributed by atoms with Gasteiger partial charge in [0, 0.05) is 5.56 Å². The molecule has 2 aromatic rings. The molecule has 1 fully saturated rings. The minimum Gasteiger partial charge on any atom is -0.508 e. The Morgan fingerprint density at radius 1 is 1.24 bits per heavy atom. The molecular weight excluding hydrogens is 356 g/mol. The van der Waals surface area contributed by atoms with E-state index in [4.69, 9.17) is 12.2 Å². The van der Waals surface area contributed by atoms with Crippen molar-refractivity contribution in [3.8, 4) is 5.75 Å². The third-order valence-electron chi connectivity index (χ3n) is 3.46. The number of carbonyl (C=O) groups is 2. The number of rotatable bonds is 3. The van der Waals surface area contributed by atoms with Crippen molar-refractivity contribution in [3.05, 3.63) is 70.1 Å². The Labute approximate surface area is 154 Å². The molecular formula is C18H14N2O3S2. The van der Waals surface area contributed by atoms with E-state index in [1.54, 1.807) is 12.1 Å². The highest BCUT2D eigenvalue weighted by Crippen LogP contribution is 2.31. The lowest BCUT2D eigenvalue weighted by molar-refractivity contribution is -0.123. The Bertz CT molecular complexity index is 909. The Balaban J connectivity index is 1.78. The smallest absolute Gasteiger partial charge is 0.285 e. The molecule has 1 aliphatic rings. The van der Waals surface area contributed by atoms with Crippen LogP contribution in [0.15, 0.2) is 53.4 Å². The Morgan fingerprint density at radius 3 is 2.72 bits per heavy atom. The normalized spacial score (nSPS) is 15.7. The number of nitrogens with one attached hydrogen (secondary N) is 1.